The lowest BCUT2D eigenvalue weighted by molar-refractivity contribution is 0.0159. The number of carbonyl (C=O) groups excluding carboxylic acids is 1. The molecular weight excluding hydrogens is 566 g/mol. The van der Waals surface area contributed by atoms with Gasteiger partial charge in [0.1, 0.15) is 22.9 Å². The molecule has 3 aromatic heterocycles. The lowest BCUT2D eigenvalue weighted by Gasteiger charge is -2.34. The van der Waals surface area contributed by atoms with Crippen LogP contribution in [0.25, 0.3) is 33.7 Å². The molecule has 1 aliphatic heterocycles. The zero-order valence-electron chi connectivity index (χ0n) is 25.6. The van der Waals surface area contributed by atoms with Gasteiger partial charge in [0.05, 0.1) is 46.8 Å². The highest BCUT2D eigenvalue weighted by atomic mass is 19.1. The van der Waals surface area contributed by atoms with E-state index in [0.29, 0.717) is 58.3 Å². The zero-order valence-corrected chi connectivity index (χ0v) is 25.6. The number of hydrogen-bond acceptors (Lipinski definition) is 6. The summed E-state index contributed by atoms with van der Waals surface area (Å²) in [6, 6.07) is 6.93. The van der Waals surface area contributed by atoms with Crippen molar-refractivity contribution in [2.24, 2.45) is 0 Å². The Kier molecular flexibility index (Phi) is 6.38. The summed E-state index contributed by atoms with van der Waals surface area (Å²) in [6.07, 6.45) is 5.37. The van der Waals surface area contributed by atoms with Crippen LogP contribution in [0.3, 0.4) is 0 Å². The van der Waals surface area contributed by atoms with E-state index in [0.717, 1.165) is 29.6 Å². The van der Waals surface area contributed by atoms with Crippen LogP contribution in [0.15, 0.2) is 36.7 Å². The molecule has 12 heteroatoms. The Morgan fingerprint density at radius 1 is 1.07 bits per heavy atom. The van der Waals surface area contributed by atoms with Crippen LogP contribution in [0.1, 0.15) is 75.0 Å². The lowest BCUT2D eigenvalue weighted by Crippen LogP contribution is -2.42. The average molecular weight is 601 g/mol. The number of carbonyl (C=O) groups is 1. The molecule has 5 aromatic rings. The molecule has 0 unspecified atom stereocenters. The van der Waals surface area contributed by atoms with Crippen molar-refractivity contribution in [3.05, 3.63) is 70.7 Å². The molecule has 228 valence electrons. The molecule has 7 rings (SSSR count). The summed E-state index contributed by atoms with van der Waals surface area (Å²) >= 11 is 0. The first kappa shape index (κ1) is 28.2. The SMILES string of the molecule is Cc1cc(-n2nc3c(c2-n2cc(-c4ccc5c(cnn5C5CC5)c4F)nn2)[C@H](C)N(C(=O)OC(C)(C)C)CC3)cc(C)c1F. The van der Waals surface area contributed by atoms with E-state index in [1.54, 1.807) is 58.7 Å². The lowest BCUT2D eigenvalue weighted by atomic mass is 10.00. The number of aryl methyl sites for hydroxylation is 2. The summed E-state index contributed by atoms with van der Waals surface area (Å²) < 4.78 is 41.3. The number of ether oxygens (including phenoxy) is 1. The standard InChI is InChI=1S/C32H34F2N8O2/c1-17-13-21(14-18(2)28(17)33)42-30(27-19(3)39(12-11-24(27)37-42)31(43)44-32(4,5)6)40-16-25(36-38-40)22-9-10-26-23(29(22)34)15-35-41(26)20-7-8-20/h9-10,13-16,19-20H,7-8,11-12H2,1-6H3/t19-/m0/s1. The third kappa shape index (κ3) is 4.63. The minimum Gasteiger partial charge on any atom is -0.444 e. The zero-order chi connectivity index (χ0) is 31.1. The molecule has 0 radical (unpaired) electrons. The van der Waals surface area contributed by atoms with Crippen LogP contribution < -0.4 is 0 Å². The van der Waals surface area contributed by atoms with Gasteiger partial charge in [-0.3, -0.25) is 4.68 Å². The van der Waals surface area contributed by atoms with Crippen molar-refractivity contribution < 1.29 is 18.3 Å². The normalized spacial score (nSPS) is 16.9. The van der Waals surface area contributed by atoms with Gasteiger partial charge in [0.25, 0.3) is 0 Å². The topological polar surface area (TPSA) is 95.9 Å². The van der Waals surface area contributed by atoms with Gasteiger partial charge in [-0.25, -0.2) is 22.9 Å². The van der Waals surface area contributed by atoms with Crippen LogP contribution in [0.5, 0.6) is 0 Å². The molecule has 1 fully saturated rings. The van der Waals surface area contributed by atoms with Crippen molar-refractivity contribution in [1.82, 2.24) is 39.5 Å². The van der Waals surface area contributed by atoms with Gasteiger partial charge < -0.3 is 9.64 Å². The summed E-state index contributed by atoms with van der Waals surface area (Å²) in [5.41, 5.74) is 3.87. The Balaban J connectivity index is 1.36. The Hall–Kier alpha value is -4.61. The van der Waals surface area contributed by atoms with Gasteiger partial charge in [-0.15, -0.1) is 5.10 Å². The predicted octanol–water partition coefficient (Wildman–Crippen LogP) is 6.55. The second kappa shape index (κ2) is 9.96. The molecule has 1 aliphatic carbocycles. The number of rotatable bonds is 4. The molecule has 4 heterocycles. The number of aromatic nitrogens is 7. The van der Waals surface area contributed by atoms with Crippen LogP contribution in [0.4, 0.5) is 13.6 Å². The van der Waals surface area contributed by atoms with Gasteiger partial charge in [-0.05, 0) is 89.8 Å². The average Bonchev–Trinajstić information content (AvgIpc) is 3.35. The van der Waals surface area contributed by atoms with Crippen molar-refractivity contribution in [3.8, 4) is 22.8 Å². The molecule has 2 aromatic carbocycles. The van der Waals surface area contributed by atoms with Gasteiger partial charge >= 0.3 is 6.09 Å². The molecule has 1 amide bonds. The Morgan fingerprint density at radius 3 is 2.48 bits per heavy atom. The summed E-state index contributed by atoms with van der Waals surface area (Å²) in [5.74, 6) is -0.158. The maximum atomic E-state index is 15.8. The minimum absolute atomic E-state index is 0.282. The van der Waals surface area contributed by atoms with Gasteiger partial charge in [0, 0.05) is 24.1 Å². The first-order valence-corrected chi connectivity index (χ1v) is 14.9. The van der Waals surface area contributed by atoms with Crippen molar-refractivity contribution in [2.75, 3.05) is 6.54 Å². The first-order valence-electron chi connectivity index (χ1n) is 14.9. The summed E-state index contributed by atoms with van der Waals surface area (Å²) in [7, 11) is 0. The third-order valence-electron chi connectivity index (χ3n) is 8.34. The minimum atomic E-state index is -0.658. The molecule has 1 atom stereocenters. The number of benzene rings is 2. The molecule has 0 spiro atoms. The van der Waals surface area contributed by atoms with Gasteiger partial charge in [0.2, 0.25) is 0 Å². The van der Waals surface area contributed by atoms with E-state index in [9.17, 15) is 9.18 Å². The Labute approximate surface area is 253 Å². The van der Waals surface area contributed by atoms with Crippen LogP contribution in [-0.2, 0) is 11.2 Å². The van der Waals surface area contributed by atoms with Crippen LogP contribution >= 0.6 is 0 Å². The van der Waals surface area contributed by atoms with E-state index < -0.39 is 23.6 Å². The van der Waals surface area contributed by atoms with Crippen LogP contribution in [-0.4, -0.2) is 57.7 Å². The summed E-state index contributed by atoms with van der Waals surface area (Å²) in [4.78, 5) is 14.9. The fraction of sp³-hybridized carbons (Fsp3) is 0.406. The highest BCUT2D eigenvalue weighted by Crippen LogP contribution is 2.39. The van der Waals surface area contributed by atoms with Crippen molar-refractivity contribution in [2.45, 2.75) is 78.5 Å². The molecular formula is C32H34F2N8O2. The van der Waals surface area contributed by atoms with Crippen LogP contribution in [0.2, 0.25) is 0 Å². The number of nitrogens with zero attached hydrogens (tertiary/aromatic N) is 8. The molecule has 0 N–H and O–H groups in total. The molecule has 44 heavy (non-hydrogen) atoms. The van der Waals surface area contributed by atoms with Gasteiger partial charge in [-0.1, -0.05) is 5.21 Å². The summed E-state index contributed by atoms with van der Waals surface area (Å²) in [5, 5.41) is 18.6. The number of halogens is 2. The maximum absolute atomic E-state index is 15.8. The highest BCUT2D eigenvalue weighted by Gasteiger charge is 2.37. The molecule has 10 nitrogen and oxygen atoms in total. The second-order valence-corrected chi connectivity index (χ2v) is 12.8. The molecule has 0 saturated heterocycles. The largest absolute Gasteiger partial charge is 0.444 e. The fourth-order valence-electron chi connectivity index (χ4n) is 6.06. The van der Waals surface area contributed by atoms with Crippen molar-refractivity contribution in [3.63, 3.8) is 0 Å². The van der Waals surface area contributed by atoms with E-state index in [-0.39, 0.29) is 5.82 Å². The molecule has 2 aliphatic rings. The van der Waals surface area contributed by atoms with Gasteiger partial charge in [-0.2, -0.15) is 10.2 Å². The number of hydrogen-bond donors (Lipinski definition) is 0. The van der Waals surface area contributed by atoms with Crippen molar-refractivity contribution in [1.29, 1.82) is 0 Å². The second-order valence-electron chi connectivity index (χ2n) is 12.8. The van der Waals surface area contributed by atoms with E-state index in [4.69, 9.17) is 9.84 Å². The maximum Gasteiger partial charge on any atom is 0.410 e. The van der Waals surface area contributed by atoms with E-state index in [1.165, 1.54) is 0 Å². The molecule has 1 saturated carbocycles. The highest BCUT2D eigenvalue weighted by molar-refractivity contribution is 5.85. The van der Waals surface area contributed by atoms with Crippen LogP contribution in [0, 0.1) is 25.5 Å². The van der Waals surface area contributed by atoms with Gasteiger partial charge in [0.15, 0.2) is 5.82 Å². The van der Waals surface area contributed by atoms with E-state index in [2.05, 4.69) is 15.4 Å². The monoisotopic (exact) mass is 600 g/mol. The van der Waals surface area contributed by atoms with E-state index >= 15 is 4.39 Å². The molecule has 0 bridgehead atoms. The fourth-order valence-corrected chi connectivity index (χ4v) is 6.06. The number of fused-ring (bicyclic) bond motifs is 2. The van der Waals surface area contributed by atoms with E-state index in [1.807, 2.05) is 38.4 Å². The Bertz CT molecular complexity index is 1920. The first-order chi connectivity index (χ1) is 20.9. The quantitative estimate of drug-likeness (QED) is 0.232. The smallest absolute Gasteiger partial charge is 0.410 e. The summed E-state index contributed by atoms with van der Waals surface area (Å²) in [6.45, 7) is 11.2. The number of amides is 1. The third-order valence-corrected chi connectivity index (χ3v) is 8.34. The Morgan fingerprint density at radius 2 is 1.80 bits per heavy atom. The predicted molar refractivity (Wildman–Crippen MR) is 160 cm³/mol. The van der Waals surface area contributed by atoms with Crippen molar-refractivity contribution >= 4 is 17.0 Å².